The first-order valence-electron chi connectivity index (χ1n) is 7.02. The first-order valence-corrected chi connectivity index (χ1v) is 7.02. The first-order chi connectivity index (χ1) is 7.62. The van der Waals surface area contributed by atoms with Crippen LogP contribution < -0.4 is 5.73 Å². The van der Waals surface area contributed by atoms with Crippen LogP contribution in [0.5, 0.6) is 0 Å². The lowest BCUT2D eigenvalue weighted by Crippen LogP contribution is -2.53. The van der Waals surface area contributed by atoms with Gasteiger partial charge in [0.1, 0.15) is 0 Å². The fourth-order valence-corrected chi connectivity index (χ4v) is 3.47. The molecule has 0 unspecified atom stereocenters. The molecular formula is C15H31NO. The Hall–Kier alpha value is -0.0800. The topological polar surface area (TPSA) is 46.2 Å². The molecule has 0 bridgehead atoms. The second-order valence-electron chi connectivity index (χ2n) is 7.62. The fraction of sp³-hybridized carbons (Fsp3) is 1.00. The van der Waals surface area contributed by atoms with Gasteiger partial charge in [0.05, 0.1) is 0 Å². The summed E-state index contributed by atoms with van der Waals surface area (Å²) in [5.74, 6) is 0.802. The molecule has 0 aliphatic heterocycles. The number of rotatable bonds is 3. The Bertz CT molecular complexity index is 239. The van der Waals surface area contributed by atoms with Gasteiger partial charge >= 0.3 is 0 Å². The number of hydrogen-bond acceptors (Lipinski definition) is 2. The number of aliphatic hydroxyl groups excluding tert-OH is 1. The summed E-state index contributed by atoms with van der Waals surface area (Å²) in [6.45, 7) is 11.5. The molecule has 0 heterocycles. The molecule has 102 valence electrons. The van der Waals surface area contributed by atoms with Crippen LogP contribution in [0.2, 0.25) is 0 Å². The standard InChI is InChI=1S/C15H31NO/c1-13(2,3)12-6-8-15(9-7-12,10-11-17)14(4,5)16/h12,17H,6-11,16H2,1-5H3. The van der Waals surface area contributed by atoms with Crippen molar-refractivity contribution in [2.45, 2.75) is 72.3 Å². The van der Waals surface area contributed by atoms with Crippen LogP contribution in [0, 0.1) is 16.7 Å². The molecule has 0 amide bonds. The summed E-state index contributed by atoms with van der Waals surface area (Å²) >= 11 is 0. The minimum Gasteiger partial charge on any atom is -0.396 e. The van der Waals surface area contributed by atoms with Crippen LogP contribution in [0.3, 0.4) is 0 Å². The molecule has 2 heteroatoms. The zero-order valence-electron chi connectivity index (χ0n) is 12.3. The number of nitrogens with two attached hydrogens (primary N) is 1. The van der Waals surface area contributed by atoms with Crippen LogP contribution in [0.25, 0.3) is 0 Å². The average molecular weight is 241 g/mol. The van der Waals surface area contributed by atoms with E-state index in [1.807, 2.05) is 0 Å². The SMILES string of the molecule is CC(C)(C)C1CCC(CCO)(C(C)(C)N)CC1. The third-order valence-electron chi connectivity index (χ3n) is 5.12. The van der Waals surface area contributed by atoms with Crippen molar-refractivity contribution in [1.29, 1.82) is 0 Å². The van der Waals surface area contributed by atoms with Gasteiger partial charge in [0.15, 0.2) is 0 Å². The summed E-state index contributed by atoms with van der Waals surface area (Å²) in [5, 5.41) is 9.32. The molecule has 2 nitrogen and oxygen atoms in total. The van der Waals surface area contributed by atoms with Crippen LogP contribution in [0.4, 0.5) is 0 Å². The zero-order chi connectivity index (χ0) is 13.3. The Morgan fingerprint density at radius 2 is 1.59 bits per heavy atom. The normalized spacial score (nSPS) is 31.6. The Morgan fingerprint density at radius 3 is 1.88 bits per heavy atom. The summed E-state index contributed by atoms with van der Waals surface area (Å²) in [6.07, 6.45) is 5.69. The lowest BCUT2D eigenvalue weighted by atomic mass is 9.57. The third kappa shape index (κ3) is 3.23. The van der Waals surface area contributed by atoms with Crippen LogP contribution >= 0.6 is 0 Å². The molecule has 1 aliphatic rings. The Morgan fingerprint density at radius 1 is 1.12 bits per heavy atom. The lowest BCUT2D eigenvalue weighted by Gasteiger charge is -2.51. The highest BCUT2D eigenvalue weighted by Crippen LogP contribution is 2.51. The van der Waals surface area contributed by atoms with Crippen LogP contribution in [-0.2, 0) is 0 Å². The molecule has 3 N–H and O–H groups in total. The minimum absolute atomic E-state index is 0.142. The lowest BCUT2D eigenvalue weighted by molar-refractivity contribution is 0.0152. The molecule has 1 saturated carbocycles. The Kier molecular flexibility index (Phi) is 4.31. The number of hydrogen-bond donors (Lipinski definition) is 2. The predicted octanol–water partition coefficient (Wildman–Crippen LogP) is 3.33. The van der Waals surface area contributed by atoms with E-state index in [0.29, 0.717) is 5.41 Å². The van der Waals surface area contributed by atoms with Crippen molar-refractivity contribution in [2.24, 2.45) is 22.5 Å². The van der Waals surface area contributed by atoms with Gasteiger partial charge in [0.25, 0.3) is 0 Å². The van der Waals surface area contributed by atoms with E-state index in [0.717, 1.165) is 12.3 Å². The maximum absolute atomic E-state index is 9.32. The van der Waals surface area contributed by atoms with Crippen molar-refractivity contribution in [2.75, 3.05) is 6.61 Å². The van der Waals surface area contributed by atoms with Crippen molar-refractivity contribution in [1.82, 2.24) is 0 Å². The van der Waals surface area contributed by atoms with Crippen LogP contribution in [0.1, 0.15) is 66.7 Å². The van der Waals surface area contributed by atoms with Crippen molar-refractivity contribution in [3.05, 3.63) is 0 Å². The highest BCUT2D eigenvalue weighted by molar-refractivity contribution is 5.00. The summed E-state index contributed by atoms with van der Waals surface area (Å²) in [7, 11) is 0. The molecule has 0 saturated heterocycles. The molecule has 0 radical (unpaired) electrons. The van der Waals surface area contributed by atoms with Crippen molar-refractivity contribution in [3.63, 3.8) is 0 Å². The molecule has 1 aliphatic carbocycles. The van der Waals surface area contributed by atoms with E-state index in [4.69, 9.17) is 5.73 Å². The molecule has 0 aromatic carbocycles. The van der Waals surface area contributed by atoms with E-state index < -0.39 is 0 Å². The summed E-state index contributed by atoms with van der Waals surface area (Å²) in [4.78, 5) is 0. The highest BCUT2D eigenvalue weighted by atomic mass is 16.3. The van der Waals surface area contributed by atoms with Gasteiger partial charge in [-0.3, -0.25) is 0 Å². The van der Waals surface area contributed by atoms with E-state index in [2.05, 4.69) is 34.6 Å². The van der Waals surface area contributed by atoms with E-state index in [-0.39, 0.29) is 17.6 Å². The number of aliphatic hydroxyl groups is 1. The van der Waals surface area contributed by atoms with E-state index in [9.17, 15) is 5.11 Å². The molecular weight excluding hydrogens is 210 g/mol. The predicted molar refractivity (Wildman–Crippen MR) is 73.8 cm³/mol. The Labute approximate surface area is 107 Å². The zero-order valence-corrected chi connectivity index (χ0v) is 12.3. The first kappa shape index (κ1) is 15.0. The van der Waals surface area contributed by atoms with Crippen molar-refractivity contribution in [3.8, 4) is 0 Å². The molecule has 0 spiro atoms. The van der Waals surface area contributed by atoms with E-state index >= 15 is 0 Å². The van der Waals surface area contributed by atoms with Gasteiger partial charge in [-0.15, -0.1) is 0 Å². The fourth-order valence-electron chi connectivity index (χ4n) is 3.47. The average Bonchev–Trinajstić information content (AvgIpc) is 2.15. The van der Waals surface area contributed by atoms with E-state index in [1.165, 1.54) is 25.7 Å². The second kappa shape index (κ2) is 4.89. The van der Waals surface area contributed by atoms with E-state index in [1.54, 1.807) is 0 Å². The summed E-state index contributed by atoms with van der Waals surface area (Å²) in [6, 6.07) is 0. The van der Waals surface area contributed by atoms with Crippen molar-refractivity contribution < 1.29 is 5.11 Å². The maximum Gasteiger partial charge on any atom is 0.0437 e. The quantitative estimate of drug-likeness (QED) is 0.796. The van der Waals surface area contributed by atoms with Gasteiger partial charge in [-0.2, -0.15) is 0 Å². The minimum atomic E-state index is -0.182. The summed E-state index contributed by atoms with van der Waals surface area (Å²) in [5.41, 5.74) is 6.74. The molecule has 0 atom stereocenters. The highest BCUT2D eigenvalue weighted by Gasteiger charge is 2.45. The molecule has 0 aromatic heterocycles. The van der Waals surface area contributed by atoms with Gasteiger partial charge in [-0.1, -0.05) is 20.8 Å². The Balaban J connectivity index is 2.75. The van der Waals surface area contributed by atoms with Gasteiger partial charge in [0, 0.05) is 12.1 Å². The van der Waals surface area contributed by atoms with Gasteiger partial charge in [-0.05, 0) is 62.7 Å². The smallest absolute Gasteiger partial charge is 0.0437 e. The largest absolute Gasteiger partial charge is 0.396 e. The maximum atomic E-state index is 9.32. The third-order valence-corrected chi connectivity index (χ3v) is 5.12. The molecule has 17 heavy (non-hydrogen) atoms. The summed E-state index contributed by atoms with van der Waals surface area (Å²) < 4.78 is 0. The van der Waals surface area contributed by atoms with Crippen molar-refractivity contribution >= 4 is 0 Å². The van der Waals surface area contributed by atoms with Crippen LogP contribution in [-0.4, -0.2) is 17.3 Å². The monoisotopic (exact) mass is 241 g/mol. The second-order valence-corrected chi connectivity index (χ2v) is 7.62. The van der Waals surface area contributed by atoms with Crippen LogP contribution in [0.15, 0.2) is 0 Å². The molecule has 1 rings (SSSR count). The molecule has 0 aromatic rings. The van der Waals surface area contributed by atoms with Gasteiger partial charge < -0.3 is 10.8 Å². The van der Waals surface area contributed by atoms with Gasteiger partial charge in [0.2, 0.25) is 0 Å². The molecule has 1 fully saturated rings. The van der Waals surface area contributed by atoms with Gasteiger partial charge in [-0.25, -0.2) is 0 Å².